The first-order chi connectivity index (χ1) is 11.2. The molecule has 1 aromatic heterocycles. The molecule has 0 saturated heterocycles. The fourth-order valence-corrected chi connectivity index (χ4v) is 2.54. The molecule has 6 nitrogen and oxygen atoms in total. The molecule has 23 heavy (non-hydrogen) atoms. The van der Waals surface area contributed by atoms with Crippen molar-refractivity contribution in [2.45, 2.75) is 19.3 Å². The largest absolute Gasteiger partial charge is 0.464 e. The van der Waals surface area contributed by atoms with Crippen LogP contribution in [0.1, 0.15) is 40.2 Å². The first-order valence-electron chi connectivity index (χ1n) is 7.71. The fraction of sp³-hybridized carbons (Fsp3) is 0.353. The zero-order valence-electron chi connectivity index (χ0n) is 13.0. The van der Waals surface area contributed by atoms with E-state index in [-0.39, 0.29) is 11.6 Å². The van der Waals surface area contributed by atoms with Gasteiger partial charge in [-0.25, -0.2) is 9.48 Å². The minimum atomic E-state index is -0.562. The zero-order valence-corrected chi connectivity index (χ0v) is 13.0. The number of hydrogen-bond acceptors (Lipinski definition) is 4. The molecule has 1 aliphatic rings. The average Bonchev–Trinajstić information content (AvgIpc) is 2.98. The molecule has 0 spiro atoms. The summed E-state index contributed by atoms with van der Waals surface area (Å²) >= 11 is 0. The molecule has 1 aromatic carbocycles. The molecule has 1 amide bonds. The van der Waals surface area contributed by atoms with E-state index in [1.165, 1.54) is 24.3 Å². The van der Waals surface area contributed by atoms with E-state index in [0.29, 0.717) is 18.2 Å². The highest BCUT2D eigenvalue weighted by Crippen LogP contribution is 2.25. The lowest BCUT2D eigenvalue weighted by atomic mass is 9.85. The van der Waals surface area contributed by atoms with E-state index < -0.39 is 5.97 Å². The van der Waals surface area contributed by atoms with Crippen LogP contribution in [0.15, 0.2) is 36.4 Å². The standard InChI is InChI=1S/C17H19N3O3/c1-23-17(22)14-10-15(16(21)18-11-12-6-5-7-12)20(19-14)13-8-3-2-4-9-13/h2-4,8-10,12H,5-7,11H2,1H3,(H,18,21). The average molecular weight is 313 g/mol. The molecule has 120 valence electrons. The highest BCUT2D eigenvalue weighted by Gasteiger charge is 2.23. The van der Waals surface area contributed by atoms with E-state index >= 15 is 0 Å². The molecule has 0 bridgehead atoms. The number of carbonyl (C=O) groups is 2. The van der Waals surface area contributed by atoms with Crippen molar-refractivity contribution < 1.29 is 14.3 Å². The van der Waals surface area contributed by atoms with Crippen molar-refractivity contribution in [1.82, 2.24) is 15.1 Å². The maximum atomic E-state index is 12.5. The van der Waals surface area contributed by atoms with Crippen molar-refractivity contribution in [2.75, 3.05) is 13.7 Å². The van der Waals surface area contributed by atoms with Crippen LogP contribution in [0.25, 0.3) is 5.69 Å². The number of hydrogen-bond donors (Lipinski definition) is 1. The Morgan fingerprint density at radius 1 is 1.30 bits per heavy atom. The Morgan fingerprint density at radius 3 is 2.65 bits per heavy atom. The maximum absolute atomic E-state index is 12.5. The summed E-state index contributed by atoms with van der Waals surface area (Å²) in [5.74, 6) is -0.233. The Hall–Kier alpha value is -2.63. The van der Waals surface area contributed by atoms with Gasteiger partial charge in [0.05, 0.1) is 12.8 Å². The number of nitrogens with one attached hydrogen (secondary N) is 1. The predicted molar refractivity (Wildman–Crippen MR) is 84.6 cm³/mol. The van der Waals surface area contributed by atoms with Crippen LogP contribution in [0.2, 0.25) is 0 Å². The van der Waals surface area contributed by atoms with Gasteiger partial charge >= 0.3 is 5.97 Å². The molecule has 0 unspecified atom stereocenters. The fourth-order valence-electron chi connectivity index (χ4n) is 2.54. The number of aromatic nitrogens is 2. The number of carbonyl (C=O) groups excluding carboxylic acids is 2. The highest BCUT2D eigenvalue weighted by molar-refractivity contribution is 5.96. The minimum absolute atomic E-state index is 0.116. The highest BCUT2D eigenvalue weighted by atomic mass is 16.5. The normalized spacial score (nSPS) is 14.1. The second-order valence-electron chi connectivity index (χ2n) is 5.66. The molecule has 2 aromatic rings. The van der Waals surface area contributed by atoms with Gasteiger partial charge in [-0.1, -0.05) is 24.6 Å². The lowest BCUT2D eigenvalue weighted by Crippen LogP contribution is -2.33. The number of amides is 1. The van der Waals surface area contributed by atoms with Gasteiger partial charge in [0, 0.05) is 12.6 Å². The lowest BCUT2D eigenvalue weighted by molar-refractivity contribution is 0.0593. The van der Waals surface area contributed by atoms with Crippen molar-refractivity contribution in [2.24, 2.45) is 5.92 Å². The second-order valence-corrected chi connectivity index (χ2v) is 5.66. The van der Waals surface area contributed by atoms with Crippen molar-refractivity contribution in [1.29, 1.82) is 0 Å². The lowest BCUT2D eigenvalue weighted by Gasteiger charge is -2.25. The minimum Gasteiger partial charge on any atom is -0.464 e. The van der Waals surface area contributed by atoms with Crippen LogP contribution in [0.4, 0.5) is 0 Å². The van der Waals surface area contributed by atoms with Gasteiger partial charge in [0.1, 0.15) is 5.69 Å². The third-order valence-electron chi connectivity index (χ3n) is 4.11. The van der Waals surface area contributed by atoms with E-state index in [2.05, 4.69) is 10.4 Å². The van der Waals surface area contributed by atoms with Crippen LogP contribution in [0, 0.1) is 5.92 Å². The molecule has 1 heterocycles. The summed E-state index contributed by atoms with van der Waals surface area (Å²) in [7, 11) is 1.29. The number of methoxy groups -OCH3 is 1. The molecule has 3 rings (SSSR count). The van der Waals surface area contributed by atoms with Crippen LogP contribution >= 0.6 is 0 Å². The SMILES string of the molecule is COC(=O)c1cc(C(=O)NCC2CCC2)n(-c2ccccc2)n1. The summed E-state index contributed by atoms with van der Waals surface area (Å²) in [6.45, 7) is 0.659. The summed E-state index contributed by atoms with van der Waals surface area (Å²) in [5.41, 5.74) is 1.16. The molecular weight excluding hydrogens is 294 g/mol. The van der Waals surface area contributed by atoms with Crippen LogP contribution < -0.4 is 5.32 Å². The van der Waals surface area contributed by atoms with Gasteiger partial charge in [0.15, 0.2) is 5.69 Å². The van der Waals surface area contributed by atoms with Gasteiger partial charge < -0.3 is 10.1 Å². The Labute approximate surface area is 134 Å². The molecule has 6 heteroatoms. The smallest absolute Gasteiger partial charge is 0.358 e. The van der Waals surface area contributed by atoms with Gasteiger partial charge in [-0.05, 0) is 30.9 Å². The molecule has 0 aliphatic heterocycles. The molecule has 1 fully saturated rings. The summed E-state index contributed by atoms with van der Waals surface area (Å²) in [4.78, 5) is 24.2. The predicted octanol–water partition coefficient (Wildman–Crippen LogP) is 2.19. The van der Waals surface area contributed by atoms with Crippen molar-refractivity contribution in [3.05, 3.63) is 47.8 Å². The van der Waals surface area contributed by atoms with Gasteiger partial charge in [0.2, 0.25) is 0 Å². The van der Waals surface area contributed by atoms with E-state index in [1.54, 1.807) is 0 Å². The number of para-hydroxylation sites is 1. The van der Waals surface area contributed by atoms with E-state index in [0.717, 1.165) is 18.5 Å². The van der Waals surface area contributed by atoms with E-state index in [1.807, 2.05) is 30.3 Å². The number of benzene rings is 1. The van der Waals surface area contributed by atoms with E-state index in [4.69, 9.17) is 4.74 Å². The van der Waals surface area contributed by atoms with Crippen LogP contribution in [0.3, 0.4) is 0 Å². The third kappa shape index (κ3) is 3.26. The van der Waals surface area contributed by atoms with Crippen LogP contribution in [-0.4, -0.2) is 35.3 Å². The van der Waals surface area contributed by atoms with Gasteiger partial charge in [-0.15, -0.1) is 0 Å². The monoisotopic (exact) mass is 313 g/mol. The van der Waals surface area contributed by atoms with Gasteiger partial charge in [0.25, 0.3) is 5.91 Å². The number of esters is 1. The van der Waals surface area contributed by atoms with Crippen LogP contribution in [-0.2, 0) is 4.74 Å². The van der Waals surface area contributed by atoms with Gasteiger partial charge in [-0.3, -0.25) is 4.79 Å². The molecular formula is C17H19N3O3. The summed E-state index contributed by atoms with van der Waals surface area (Å²) in [5, 5.41) is 7.14. The Bertz CT molecular complexity index is 705. The number of nitrogens with zero attached hydrogens (tertiary/aromatic N) is 2. The quantitative estimate of drug-likeness (QED) is 0.859. The molecule has 1 N–H and O–H groups in total. The third-order valence-corrected chi connectivity index (χ3v) is 4.11. The maximum Gasteiger partial charge on any atom is 0.358 e. The zero-order chi connectivity index (χ0) is 16.2. The van der Waals surface area contributed by atoms with Crippen molar-refractivity contribution in [3.63, 3.8) is 0 Å². The van der Waals surface area contributed by atoms with Crippen molar-refractivity contribution in [3.8, 4) is 5.69 Å². The number of rotatable bonds is 5. The topological polar surface area (TPSA) is 73.2 Å². The first kappa shape index (κ1) is 15.3. The summed E-state index contributed by atoms with van der Waals surface area (Å²) < 4.78 is 6.17. The molecule has 0 atom stereocenters. The summed E-state index contributed by atoms with van der Waals surface area (Å²) in [6.07, 6.45) is 3.55. The Kier molecular flexibility index (Phi) is 4.41. The molecule has 0 radical (unpaired) electrons. The van der Waals surface area contributed by atoms with Gasteiger partial charge in [-0.2, -0.15) is 5.10 Å². The first-order valence-corrected chi connectivity index (χ1v) is 7.71. The Balaban J connectivity index is 1.88. The Morgan fingerprint density at radius 2 is 2.04 bits per heavy atom. The second kappa shape index (κ2) is 6.64. The van der Waals surface area contributed by atoms with Crippen LogP contribution in [0.5, 0.6) is 0 Å². The number of ether oxygens (including phenoxy) is 1. The molecule has 1 aliphatic carbocycles. The summed E-state index contributed by atoms with van der Waals surface area (Å²) in [6, 6.07) is 10.7. The van der Waals surface area contributed by atoms with Crippen molar-refractivity contribution >= 4 is 11.9 Å². The van der Waals surface area contributed by atoms with E-state index in [9.17, 15) is 9.59 Å². The molecule has 1 saturated carbocycles.